The van der Waals surface area contributed by atoms with E-state index < -0.39 is 9.84 Å². The summed E-state index contributed by atoms with van der Waals surface area (Å²) in [5, 5.41) is -0.192. The molecule has 0 radical (unpaired) electrons. The molecule has 1 atom stereocenters. The van der Waals surface area contributed by atoms with Crippen LogP contribution in [0.3, 0.4) is 0 Å². The molecule has 162 valence electrons. The maximum atomic E-state index is 12.6. The number of imidazole rings is 1. The van der Waals surface area contributed by atoms with Gasteiger partial charge in [-0.15, -0.1) is 0 Å². The van der Waals surface area contributed by atoms with Gasteiger partial charge in [-0.25, -0.2) is 13.4 Å². The van der Waals surface area contributed by atoms with Gasteiger partial charge in [0.05, 0.1) is 27.7 Å². The number of benzene rings is 1. The van der Waals surface area contributed by atoms with Gasteiger partial charge in [-0.05, 0) is 67.9 Å². The molecule has 1 N–H and O–H groups in total. The number of pyridine rings is 1. The highest BCUT2D eigenvalue weighted by Gasteiger charge is 2.37. The monoisotopic (exact) mass is 437 g/mol. The van der Waals surface area contributed by atoms with Crippen molar-refractivity contribution in [2.45, 2.75) is 48.2 Å². The molecule has 1 unspecified atom stereocenters. The van der Waals surface area contributed by atoms with Crippen LogP contribution in [0.1, 0.15) is 49.4 Å². The minimum atomic E-state index is -3.18. The van der Waals surface area contributed by atoms with Gasteiger partial charge in [0.25, 0.3) is 0 Å². The van der Waals surface area contributed by atoms with Crippen LogP contribution in [-0.2, 0) is 14.6 Å². The highest BCUT2D eigenvalue weighted by atomic mass is 32.2. The normalized spacial score (nSPS) is 18.7. The topological polar surface area (TPSA) is 84.9 Å². The van der Waals surface area contributed by atoms with E-state index >= 15 is 0 Å². The van der Waals surface area contributed by atoms with Crippen molar-refractivity contribution in [3.05, 3.63) is 66.2 Å². The summed E-state index contributed by atoms with van der Waals surface area (Å²) < 4.78 is 30.7. The van der Waals surface area contributed by atoms with E-state index in [1.807, 2.05) is 36.5 Å². The lowest BCUT2D eigenvalue weighted by molar-refractivity contribution is 0.0625. The van der Waals surface area contributed by atoms with Crippen molar-refractivity contribution in [2.75, 3.05) is 13.2 Å². The number of sulfone groups is 1. The summed E-state index contributed by atoms with van der Waals surface area (Å²) in [6.07, 6.45) is 8.19. The Bertz CT molecular complexity index is 1120. The lowest BCUT2D eigenvalue weighted by atomic mass is 9.84. The van der Waals surface area contributed by atoms with Gasteiger partial charge in [-0.3, -0.25) is 4.98 Å². The van der Waals surface area contributed by atoms with E-state index in [2.05, 4.69) is 9.97 Å². The first-order valence-corrected chi connectivity index (χ1v) is 12.5. The summed E-state index contributed by atoms with van der Waals surface area (Å²) in [4.78, 5) is 13.0. The summed E-state index contributed by atoms with van der Waals surface area (Å²) >= 11 is 0. The zero-order valence-electron chi connectivity index (χ0n) is 17.4. The smallest absolute Gasteiger partial charge is 0.181 e. The number of rotatable bonds is 7. The summed E-state index contributed by atoms with van der Waals surface area (Å²) in [5.74, 6) is 1.51. The van der Waals surface area contributed by atoms with Crippen LogP contribution in [0.4, 0.5) is 0 Å². The molecule has 1 aliphatic carbocycles. The van der Waals surface area contributed by atoms with Gasteiger partial charge in [0.2, 0.25) is 0 Å². The van der Waals surface area contributed by atoms with Crippen LogP contribution in [0.2, 0.25) is 0 Å². The van der Waals surface area contributed by atoms with E-state index in [1.54, 1.807) is 18.3 Å². The van der Waals surface area contributed by atoms with Crippen LogP contribution in [0.15, 0.2) is 59.8 Å². The third kappa shape index (κ3) is 4.43. The molecule has 0 spiro atoms. The van der Waals surface area contributed by atoms with Crippen molar-refractivity contribution in [3.8, 4) is 11.4 Å². The standard InChI is InChI=1S/C24H27N3O3S/c28-31(29,20-8-9-20)19-6-4-18(5-7-19)21(15-17-10-13-30-14-11-17)24-26-16-23(27-24)22-3-1-2-12-25-22/h1-7,12,16-17,20-21H,8-11,13-15H2,(H,26,27). The van der Waals surface area contributed by atoms with E-state index in [0.717, 1.165) is 68.1 Å². The lowest BCUT2D eigenvalue weighted by Gasteiger charge is -2.26. The summed E-state index contributed by atoms with van der Waals surface area (Å²) in [5.41, 5.74) is 2.83. The molecule has 1 aromatic carbocycles. The molecule has 3 aromatic rings. The first kappa shape index (κ1) is 20.4. The quantitative estimate of drug-likeness (QED) is 0.594. The van der Waals surface area contributed by atoms with Gasteiger partial charge >= 0.3 is 0 Å². The number of nitrogens with one attached hydrogen (secondary N) is 1. The Morgan fingerprint density at radius 2 is 1.77 bits per heavy atom. The molecular weight excluding hydrogens is 410 g/mol. The van der Waals surface area contributed by atoms with Crippen molar-refractivity contribution >= 4 is 9.84 Å². The SMILES string of the molecule is O=S(=O)(c1ccc(C(CC2CCOCC2)c2ncc(-c3ccccn3)[nH]2)cc1)C1CC1. The number of aromatic nitrogens is 3. The molecule has 3 heterocycles. The van der Waals surface area contributed by atoms with Gasteiger partial charge < -0.3 is 9.72 Å². The summed E-state index contributed by atoms with van der Waals surface area (Å²) in [7, 11) is -3.18. The Hall–Kier alpha value is -2.51. The van der Waals surface area contributed by atoms with Crippen LogP contribution >= 0.6 is 0 Å². The molecule has 31 heavy (non-hydrogen) atoms. The van der Waals surface area contributed by atoms with Crippen molar-refractivity contribution in [2.24, 2.45) is 5.92 Å². The molecule has 6 nitrogen and oxygen atoms in total. The predicted octanol–water partition coefficient (Wildman–Crippen LogP) is 4.36. The average molecular weight is 438 g/mol. The molecule has 2 fully saturated rings. The predicted molar refractivity (Wildman–Crippen MR) is 118 cm³/mol. The molecule has 1 saturated carbocycles. The highest BCUT2D eigenvalue weighted by molar-refractivity contribution is 7.92. The molecule has 5 rings (SSSR count). The van der Waals surface area contributed by atoms with Gasteiger partial charge in [-0.2, -0.15) is 0 Å². The van der Waals surface area contributed by atoms with Crippen LogP contribution in [0.25, 0.3) is 11.4 Å². The minimum Gasteiger partial charge on any atom is -0.381 e. The van der Waals surface area contributed by atoms with E-state index in [1.165, 1.54) is 0 Å². The maximum absolute atomic E-state index is 12.6. The Balaban J connectivity index is 1.45. The van der Waals surface area contributed by atoms with E-state index in [9.17, 15) is 8.42 Å². The van der Waals surface area contributed by atoms with Crippen LogP contribution in [-0.4, -0.2) is 41.8 Å². The van der Waals surface area contributed by atoms with E-state index in [4.69, 9.17) is 9.72 Å². The number of hydrogen-bond donors (Lipinski definition) is 1. The van der Waals surface area contributed by atoms with Gasteiger partial charge in [0.1, 0.15) is 5.82 Å². The van der Waals surface area contributed by atoms with Crippen LogP contribution < -0.4 is 0 Å². The number of H-pyrrole nitrogens is 1. The third-order valence-corrected chi connectivity index (χ3v) is 8.63. The van der Waals surface area contributed by atoms with E-state index in [-0.39, 0.29) is 11.2 Å². The van der Waals surface area contributed by atoms with Gasteiger partial charge in [-0.1, -0.05) is 18.2 Å². The number of ether oxygens (including phenoxy) is 1. The highest BCUT2D eigenvalue weighted by Crippen LogP contribution is 2.37. The van der Waals surface area contributed by atoms with Crippen molar-refractivity contribution in [1.29, 1.82) is 0 Å². The Kier molecular flexibility index (Phi) is 5.63. The largest absolute Gasteiger partial charge is 0.381 e. The summed E-state index contributed by atoms with van der Waals surface area (Å²) in [6.45, 7) is 1.60. The number of aromatic amines is 1. The zero-order chi connectivity index (χ0) is 21.3. The second kappa shape index (κ2) is 8.55. The molecule has 2 aromatic heterocycles. The second-order valence-electron chi connectivity index (χ2n) is 8.55. The van der Waals surface area contributed by atoms with Crippen LogP contribution in [0, 0.1) is 5.92 Å². The molecular formula is C24H27N3O3S. The lowest BCUT2D eigenvalue weighted by Crippen LogP contribution is -2.19. The zero-order valence-corrected chi connectivity index (χ0v) is 18.2. The van der Waals surface area contributed by atoms with Gasteiger partial charge in [0.15, 0.2) is 9.84 Å². The maximum Gasteiger partial charge on any atom is 0.181 e. The molecule has 0 bridgehead atoms. The van der Waals surface area contributed by atoms with Crippen molar-refractivity contribution in [1.82, 2.24) is 15.0 Å². The second-order valence-corrected chi connectivity index (χ2v) is 10.8. The third-order valence-electron chi connectivity index (χ3n) is 6.35. The fourth-order valence-electron chi connectivity index (χ4n) is 4.35. The molecule has 0 amide bonds. The molecule has 1 saturated heterocycles. The average Bonchev–Trinajstić information content (AvgIpc) is 3.57. The first-order valence-electron chi connectivity index (χ1n) is 11.0. The molecule has 7 heteroatoms. The Labute approximate surface area is 183 Å². The fourth-order valence-corrected chi connectivity index (χ4v) is 6.00. The Morgan fingerprint density at radius 3 is 2.45 bits per heavy atom. The summed E-state index contributed by atoms with van der Waals surface area (Å²) in [6, 6.07) is 13.3. The number of hydrogen-bond acceptors (Lipinski definition) is 5. The van der Waals surface area contributed by atoms with Crippen LogP contribution in [0.5, 0.6) is 0 Å². The molecule has 2 aliphatic rings. The number of nitrogens with zero attached hydrogens (tertiary/aromatic N) is 2. The van der Waals surface area contributed by atoms with E-state index in [0.29, 0.717) is 10.8 Å². The van der Waals surface area contributed by atoms with Crippen molar-refractivity contribution in [3.63, 3.8) is 0 Å². The van der Waals surface area contributed by atoms with Crippen molar-refractivity contribution < 1.29 is 13.2 Å². The minimum absolute atomic E-state index is 0.0678. The molecule has 1 aliphatic heterocycles. The Morgan fingerprint density at radius 1 is 1.00 bits per heavy atom. The van der Waals surface area contributed by atoms with Gasteiger partial charge in [0, 0.05) is 25.3 Å². The first-order chi connectivity index (χ1) is 15.1. The fraction of sp³-hybridized carbons (Fsp3) is 0.417.